The maximum atomic E-state index is 14.0. The molecule has 0 aliphatic carbocycles. The van der Waals surface area contributed by atoms with E-state index in [0.717, 1.165) is 130 Å². The summed E-state index contributed by atoms with van der Waals surface area (Å²) < 4.78 is 5.72. The predicted molar refractivity (Wildman–Crippen MR) is 245 cm³/mol. The van der Waals surface area contributed by atoms with Crippen LogP contribution in [0.15, 0.2) is 71.5 Å². The fraction of sp³-hybridized carbons (Fsp3) is 0.480. The van der Waals surface area contributed by atoms with Crippen molar-refractivity contribution in [1.29, 1.82) is 0 Å². The zero-order valence-electron chi connectivity index (χ0n) is 36.9. The molecule has 1 atom stereocenters. The monoisotopic (exact) mass is 841 g/mol. The van der Waals surface area contributed by atoms with E-state index < -0.39 is 0 Å². The summed E-state index contributed by atoms with van der Waals surface area (Å²) in [6.07, 6.45) is 5.19. The first-order chi connectivity index (χ1) is 30.0. The second kappa shape index (κ2) is 19.4. The molecule has 4 fully saturated rings. The SMILES string of the molecule is CCN(c1cc(-c2ccc(N3CCN(C4CCN(Cc5ccc(C6CCC(=O)NC6=O)cc5)CC4)CC3)cc2)cc(C(=O)NCc2c(C)cc(C)[nH]c2=O)c1C)C1CCOCC1. The van der Waals surface area contributed by atoms with Crippen molar-refractivity contribution in [2.45, 2.75) is 97.3 Å². The van der Waals surface area contributed by atoms with Gasteiger partial charge in [0.05, 0.1) is 5.92 Å². The van der Waals surface area contributed by atoms with Crippen LogP contribution in [0.25, 0.3) is 11.1 Å². The lowest BCUT2D eigenvalue weighted by Crippen LogP contribution is -2.53. The van der Waals surface area contributed by atoms with Crippen LogP contribution in [0.2, 0.25) is 0 Å². The Morgan fingerprint density at radius 2 is 1.53 bits per heavy atom. The number of hydrogen-bond donors (Lipinski definition) is 3. The number of likely N-dealkylation sites (tertiary alicyclic amines) is 1. The van der Waals surface area contributed by atoms with Gasteiger partial charge in [0, 0.05) is 106 Å². The van der Waals surface area contributed by atoms with Crippen LogP contribution in [-0.4, -0.2) is 104 Å². The largest absolute Gasteiger partial charge is 0.381 e. The van der Waals surface area contributed by atoms with Gasteiger partial charge < -0.3 is 24.8 Å². The van der Waals surface area contributed by atoms with Crippen molar-refractivity contribution in [2.75, 3.05) is 68.8 Å². The highest BCUT2D eigenvalue weighted by atomic mass is 16.5. The average molecular weight is 842 g/mol. The summed E-state index contributed by atoms with van der Waals surface area (Å²) in [7, 11) is 0. The van der Waals surface area contributed by atoms with Gasteiger partial charge in [-0.05, 0) is 137 Å². The molecule has 4 saturated heterocycles. The van der Waals surface area contributed by atoms with Crippen molar-refractivity contribution in [3.05, 3.63) is 116 Å². The Morgan fingerprint density at radius 1 is 0.823 bits per heavy atom. The zero-order chi connectivity index (χ0) is 43.3. The second-order valence-corrected chi connectivity index (χ2v) is 17.7. The van der Waals surface area contributed by atoms with E-state index in [1.165, 1.54) is 11.3 Å². The van der Waals surface area contributed by atoms with Gasteiger partial charge in [-0.15, -0.1) is 0 Å². The van der Waals surface area contributed by atoms with Gasteiger partial charge in [-0.25, -0.2) is 0 Å². The molecule has 4 aromatic rings. The first-order valence-electron chi connectivity index (χ1n) is 22.8. The van der Waals surface area contributed by atoms with Gasteiger partial charge in [-0.3, -0.25) is 34.3 Å². The number of carbonyl (C=O) groups excluding carboxylic acids is 3. The number of aryl methyl sites for hydroxylation is 2. The lowest BCUT2D eigenvalue weighted by atomic mass is 9.90. The minimum Gasteiger partial charge on any atom is -0.381 e. The molecule has 1 aromatic heterocycles. The highest BCUT2D eigenvalue weighted by molar-refractivity contribution is 6.01. The minimum absolute atomic E-state index is 0.157. The number of piperazine rings is 1. The quantitative estimate of drug-likeness (QED) is 0.143. The standard InChI is InChI=1S/C50H63N7O5/c1-5-57(42-18-26-62-27-19-42)46-30-39(29-44(35(46)4)48(59)51-31-45-33(2)28-34(3)52-50(45)61)37-10-12-40(13-11-37)55-22-24-56(25-23-55)41-16-20-54(21-17-41)32-36-6-8-38(9-7-36)43-14-15-47(58)53-49(43)60/h6-13,28-30,41-43H,5,14-27,31-32H2,1-4H3,(H,51,59)(H,52,61)(H,53,58,60). The van der Waals surface area contributed by atoms with E-state index in [2.05, 4.69) is 96.7 Å². The van der Waals surface area contributed by atoms with Crippen molar-refractivity contribution in [3.8, 4) is 11.1 Å². The molecule has 62 heavy (non-hydrogen) atoms. The Labute approximate surface area is 366 Å². The van der Waals surface area contributed by atoms with Crippen molar-refractivity contribution < 1.29 is 19.1 Å². The molecular formula is C50H63N7O5. The third-order valence-electron chi connectivity index (χ3n) is 13.8. The average Bonchev–Trinajstić information content (AvgIpc) is 3.28. The molecule has 0 spiro atoms. The van der Waals surface area contributed by atoms with Crippen LogP contribution >= 0.6 is 0 Å². The van der Waals surface area contributed by atoms with Gasteiger partial charge in [-0.1, -0.05) is 36.4 Å². The molecule has 3 amide bonds. The van der Waals surface area contributed by atoms with Crippen LogP contribution in [0.3, 0.4) is 0 Å². The topological polar surface area (TPSA) is 130 Å². The number of hydrogen-bond acceptors (Lipinski definition) is 9. The molecule has 4 aliphatic heterocycles. The fourth-order valence-electron chi connectivity index (χ4n) is 10.2. The predicted octanol–water partition coefficient (Wildman–Crippen LogP) is 6.21. The van der Waals surface area contributed by atoms with E-state index in [1.807, 2.05) is 32.9 Å². The van der Waals surface area contributed by atoms with Gasteiger partial charge in [0.1, 0.15) is 0 Å². The fourth-order valence-corrected chi connectivity index (χ4v) is 10.2. The first kappa shape index (κ1) is 43.4. The molecule has 0 saturated carbocycles. The molecule has 1 unspecified atom stereocenters. The van der Waals surface area contributed by atoms with Crippen LogP contribution in [0.5, 0.6) is 0 Å². The number of ether oxygens (including phenoxy) is 1. The van der Waals surface area contributed by atoms with Gasteiger partial charge in [0.2, 0.25) is 11.8 Å². The minimum atomic E-state index is -0.241. The molecule has 0 radical (unpaired) electrons. The summed E-state index contributed by atoms with van der Waals surface area (Å²) in [5, 5.41) is 5.55. The number of aromatic amines is 1. The highest BCUT2D eigenvalue weighted by Crippen LogP contribution is 2.35. The van der Waals surface area contributed by atoms with Crippen LogP contribution in [0.4, 0.5) is 11.4 Å². The number of carbonyl (C=O) groups is 3. The highest BCUT2D eigenvalue weighted by Gasteiger charge is 2.30. The summed E-state index contributed by atoms with van der Waals surface area (Å²) in [4.78, 5) is 63.7. The number of benzene rings is 3. The Hall–Kier alpha value is -5.30. The number of rotatable bonds is 12. The van der Waals surface area contributed by atoms with E-state index in [0.29, 0.717) is 36.1 Å². The molecule has 12 heteroatoms. The van der Waals surface area contributed by atoms with Gasteiger partial charge in [0.15, 0.2) is 0 Å². The Bertz CT molecular complexity index is 2290. The van der Waals surface area contributed by atoms with Crippen LogP contribution in [-0.2, 0) is 27.4 Å². The van der Waals surface area contributed by atoms with Crippen LogP contribution in [0.1, 0.15) is 95.2 Å². The van der Waals surface area contributed by atoms with Crippen molar-refractivity contribution in [3.63, 3.8) is 0 Å². The summed E-state index contributed by atoms with van der Waals surface area (Å²) in [6.45, 7) is 17.6. The maximum Gasteiger partial charge on any atom is 0.253 e. The van der Waals surface area contributed by atoms with Crippen LogP contribution in [0, 0.1) is 20.8 Å². The van der Waals surface area contributed by atoms with Gasteiger partial charge in [-0.2, -0.15) is 0 Å². The summed E-state index contributed by atoms with van der Waals surface area (Å²) in [6, 6.07) is 24.3. The zero-order valence-corrected chi connectivity index (χ0v) is 36.9. The normalized spacial score (nSPS) is 19.7. The van der Waals surface area contributed by atoms with E-state index >= 15 is 0 Å². The molecule has 12 nitrogen and oxygen atoms in total. The molecule has 4 aliphatic rings. The smallest absolute Gasteiger partial charge is 0.253 e. The molecular weight excluding hydrogens is 779 g/mol. The molecule has 328 valence electrons. The number of pyridine rings is 1. The number of anilines is 2. The Kier molecular flexibility index (Phi) is 13.6. The first-order valence-corrected chi connectivity index (χ1v) is 22.8. The second-order valence-electron chi connectivity index (χ2n) is 17.7. The third-order valence-corrected chi connectivity index (χ3v) is 13.8. The summed E-state index contributed by atoms with van der Waals surface area (Å²) >= 11 is 0. The summed E-state index contributed by atoms with van der Waals surface area (Å²) in [5.41, 5.74) is 10.2. The van der Waals surface area contributed by atoms with Crippen LogP contribution < -0.4 is 26.0 Å². The number of nitrogens with zero attached hydrogens (tertiary/aromatic N) is 4. The summed E-state index contributed by atoms with van der Waals surface area (Å²) in [5.74, 6) is -0.791. The van der Waals surface area contributed by atoms with E-state index in [9.17, 15) is 19.2 Å². The number of nitrogens with one attached hydrogen (secondary N) is 3. The Morgan fingerprint density at radius 3 is 2.19 bits per heavy atom. The number of aromatic nitrogens is 1. The van der Waals surface area contributed by atoms with E-state index in [1.54, 1.807) is 0 Å². The van der Waals surface area contributed by atoms with E-state index in [-0.39, 0.29) is 35.7 Å². The number of amides is 3. The third kappa shape index (κ3) is 9.83. The molecule has 3 aromatic carbocycles. The van der Waals surface area contributed by atoms with Gasteiger partial charge in [0.25, 0.3) is 11.5 Å². The maximum absolute atomic E-state index is 14.0. The number of H-pyrrole nitrogens is 1. The molecule has 8 rings (SSSR count). The lowest BCUT2D eigenvalue weighted by molar-refractivity contribution is -0.134. The molecule has 3 N–H and O–H groups in total. The Balaban J connectivity index is 0.890. The lowest BCUT2D eigenvalue weighted by Gasteiger charge is -2.43. The molecule has 0 bridgehead atoms. The van der Waals surface area contributed by atoms with E-state index in [4.69, 9.17) is 4.74 Å². The van der Waals surface area contributed by atoms with Gasteiger partial charge >= 0.3 is 0 Å². The van der Waals surface area contributed by atoms with Crippen molar-refractivity contribution in [1.82, 2.24) is 25.4 Å². The number of piperidine rings is 2. The van der Waals surface area contributed by atoms with Crippen molar-refractivity contribution >= 4 is 29.1 Å². The number of imide groups is 1. The van der Waals surface area contributed by atoms with Crippen molar-refractivity contribution in [2.24, 2.45) is 0 Å². The molecule has 5 heterocycles.